The van der Waals surface area contributed by atoms with Crippen molar-refractivity contribution < 1.29 is 14.3 Å². The summed E-state index contributed by atoms with van der Waals surface area (Å²) >= 11 is 0. The zero-order valence-electron chi connectivity index (χ0n) is 20.0. The fraction of sp³-hybridized carbons (Fsp3) is 0.346. The van der Waals surface area contributed by atoms with Gasteiger partial charge in [0.05, 0.1) is 13.7 Å². The van der Waals surface area contributed by atoms with Crippen LogP contribution >= 0.6 is 0 Å². The van der Waals surface area contributed by atoms with Gasteiger partial charge in [0, 0.05) is 50.2 Å². The minimum Gasteiger partial charge on any atom is -0.497 e. The quantitative estimate of drug-likeness (QED) is 0.507. The van der Waals surface area contributed by atoms with Crippen LogP contribution in [0.2, 0.25) is 0 Å². The first kappa shape index (κ1) is 23.7. The molecular formula is C26H31N5O3. The van der Waals surface area contributed by atoms with Gasteiger partial charge in [-0.1, -0.05) is 12.1 Å². The summed E-state index contributed by atoms with van der Waals surface area (Å²) in [5.74, 6) is 1.20. The first-order chi connectivity index (χ1) is 16.6. The van der Waals surface area contributed by atoms with Crippen molar-refractivity contribution in [3.8, 4) is 17.1 Å². The first-order valence-electron chi connectivity index (χ1n) is 11.5. The summed E-state index contributed by atoms with van der Waals surface area (Å²) in [6.45, 7) is 7.33. The van der Waals surface area contributed by atoms with Crippen LogP contribution in [0.4, 0.5) is 11.5 Å². The highest BCUT2D eigenvalue weighted by Crippen LogP contribution is 2.25. The third-order valence-corrected chi connectivity index (χ3v) is 5.85. The monoisotopic (exact) mass is 461 g/mol. The summed E-state index contributed by atoms with van der Waals surface area (Å²) in [5.41, 5.74) is 3.21. The van der Waals surface area contributed by atoms with Crippen LogP contribution < -0.4 is 10.1 Å². The lowest BCUT2D eigenvalue weighted by Crippen LogP contribution is -2.43. The zero-order valence-corrected chi connectivity index (χ0v) is 20.0. The number of aromatic nitrogens is 2. The van der Waals surface area contributed by atoms with Gasteiger partial charge < -0.3 is 19.7 Å². The Labute approximate surface area is 200 Å². The second-order valence-corrected chi connectivity index (χ2v) is 8.31. The molecule has 0 amide bonds. The zero-order chi connectivity index (χ0) is 23.9. The molecule has 0 spiro atoms. The molecule has 0 bridgehead atoms. The molecule has 1 N–H and O–H groups in total. The lowest BCUT2D eigenvalue weighted by molar-refractivity contribution is 0.0526. The van der Waals surface area contributed by atoms with Crippen LogP contribution in [0, 0.1) is 0 Å². The van der Waals surface area contributed by atoms with Crippen LogP contribution in [-0.4, -0.2) is 72.7 Å². The second kappa shape index (κ2) is 11.1. The average molecular weight is 462 g/mol. The van der Waals surface area contributed by atoms with Crippen LogP contribution in [0.5, 0.6) is 5.75 Å². The lowest BCUT2D eigenvalue weighted by Gasteiger charge is -2.32. The molecule has 2 heterocycles. The Kier molecular flexibility index (Phi) is 7.72. The number of methoxy groups -OCH3 is 1. The van der Waals surface area contributed by atoms with E-state index in [4.69, 9.17) is 9.47 Å². The fourth-order valence-electron chi connectivity index (χ4n) is 3.81. The number of nitrogens with one attached hydrogen (secondary N) is 1. The molecule has 1 aromatic heterocycles. The van der Waals surface area contributed by atoms with Gasteiger partial charge in [-0.2, -0.15) is 0 Å². The third-order valence-electron chi connectivity index (χ3n) is 5.85. The molecule has 0 aliphatic carbocycles. The van der Waals surface area contributed by atoms with Crippen LogP contribution in [0.25, 0.3) is 11.4 Å². The number of carbonyl (C=O) groups is 1. The van der Waals surface area contributed by atoms with E-state index < -0.39 is 5.97 Å². The normalized spacial score (nSPS) is 14.6. The second-order valence-electron chi connectivity index (χ2n) is 8.31. The molecule has 0 saturated carbocycles. The maximum Gasteiger partial charge on any atom is 0.343 e. The summed E-state index contributed by atoms with van der Waals surface area (Å²) in [5, 5.41) is 3.28. The summed E-state index contributed by atoms with van der Waals surface area (Å²) in [7, 11) is 3.79. The number of hydrogen-bond donors (Lipinski definition) is 1. The van der Waals surface area contributed by atoms with Crippen molar-refractivity contribution in [2.45, 2.75) is 13.5 Å². The van der Waals surface area contributed by atoms with Gasteiger partial charge in [-0.25, -0.2) is 14.8 Å². The number of esters is 1. The molecule has 34 heavy (non-hydrogen) atoms. The maximum absolute atomic E-state index is 12.5. The predicted octanol–water partition coefficient (Wildman–Crippen LogP) is 3.82. The van der Waals surface area contributed by atoms with E-state index in [1.54, 1.807) is 14.0 Å². The molecule has 1 saturated heterocycles. The van der Waals surface area contributed by atoms with Crippen molar-refractivity contribution >= 4 is 17.5 Å². The third kappa shape index (κ3) is 5.89. The number of likely N-dealkylation sites (N-methyl/N-ethyl adjacent to an activating group) is 1. The molecule has 8 nitrogen and oxygen atoms in total. The number of ether oxygens (including phenoxy) is 2. The standard InChI is InChI=1S/C26H31N5O3/c1-4-34-26(32)23-17-27-24(20-7-11-22(33-3)12-8-20)29-25(23)28-21-9-5-19(6-10-21)18-31-15-13-30(2)14-16-31/h5-12,17H,4,13-16,18H2,1-3H3,(H,27,28,29). The SMILES string of the molecule is CCOC(=O)c1cnc(-c2ccc(OC)cc2)nc1Nc1ccc(CN2CCN(C)CC2)cc1. The lowest BCUT2D eigenvalue weighted by atomic mass is 10.1. The molecule has 1 aliphatic rings. The summed E-state index contributed by atoms with van der Waals surface area (Å²) in [4.78, 5) is 26.4. The van der Waals surface area contributed by atoms with Gasteiger partial charge >= 0.3 is 5.97 Å². The number of carbonyl (C=O) groups excluding carboxylic acids is 1. The van der Waals surface area contributed by atoms with Gasteiger partial charge in [-0.3, -0.25) is 4.90 Å². The smallest absolute Gasteiger partial charge is 0.343 e. The van der Waals surface area contributed by atoms with Crippen LogP contribution in [0.3, 0.4) is 0 Å². The molecule has 0 unspecified atom stereocenters. The van der Waals surface area contributed by atoms with E-state index in [1.165, 1.54) is 11.8 Å². The Morgan fingerprint density at radius 2 is 1.74 bits per heavy atom. The van der Waals surface area contributed by atoms with Gasteiger partial charge in [0.2, 0.25) is 0 Å². The minimum atomic E-state index is -0.460. The molecule has 1 fully saturated rings. The Hall–Kier alpha value is -3.49. The molecule has 8 heteroatoms. The van der Waals surface area contributed by atoms with Crippen LogP contribution in [0.1, 0.15) is 22.8 Å². The molecular weight excluding hydrogens is 430 g/mol. The van der Waals surface area contributed by atoms with Crippen molar-refractivity contribution in [2.75, 3.05) is 52.3 Å². The number of anilines is 2. The van der Waals surface area contributed by atoms with Gasteiger partial charge in [-0.15, -0.1) is 0 Å². The number of nitrogens with zero attached hydrogens (tertiary/aromatic N) is 4. The highest BCUT2D eigenvalue weighted by Gasteiger charge is 2.18. The van der Waals surface area contributed by atoms with Gasteiger partial charge in [0.25, 0.3) is 0 Å². The Bertz CT molecular complexity index is 1090. The summed E-state index contributed by atoms with van der Waals surface area (Å²) in [6, 6.07) is 15.7. The molecule has 0 atom stereocenters. The maximum atomic E-state index is 12.5. The highest BCUT2D eigenvalue weighted by molar-refractivity contribution is 5.95. The fourth-order valence-corrected chi connectivity index (χ4v) is 3.81. The van der Waals surface area contributed by atoms with E-state index in [0.29, 0.717) is 17.2 Å². The van der Waals surface area contributed by atoms with Crippen molar-refractivity contribution in [2.24, 2.45) is 0 Å². The van der Waals surface area contributed by atoms with Crippen LogP contribution in [0.15, 0.2) is 54.7 Å². The minimum absolute atomic E-state index is 0.277. The molecule has 4 rings (SSSR count). The molecule has 3 aromatic rings. The number of piperazine rings is 1. The number of rotatable bonds is 8. The van der Waals surface area contributed by atoms with E-state index in [1.807, 2.05) is 36.4 Å². The van der Waals surface area contributed by atoms with Crippen LogP contribution in [-0.2, 0) is 11.3 Å². The van der Waals surface area contributed by atoms with E-state index >= 15 is 0 Å². The topological polar surface area (TPSA) is 79.8 Å². The first-order valence-corrected chi connectivity index (χ1v) is 11.5. The van der Waals surface area contributed by atoms with Crippen molar-refractivity contribution in [3.05, 3.63) is 65.9 Å². The van der Waals surface area contributed by atoms with E-state index in [9.17, 15) is 4.79 Å². The van der Waals surface area contributed by atoms with E-state index in [-0.39, 0.29) is 6.61 Å². The molecule has 1 aliphatic heterocycles. The van der Waals surface area contributed by atoms with Gasteiger partial charge in [0.15, 0.2) is 5.82 Å². The average Bonchev–Trinajstić information content (AvgIpc) is 2.87. The molecule has 178 valence electrons. The summed E-state index contributed by atoms with van der Waals surface area (Å²) in [6.07, 6.45) is 1.51. The van der Waals surface area contributed by atoms with Crippen molar-refractivity contribution in [3.63, 3.8) is 0 Å². The Morgan fingerprint density at radius 3 is 2.38 bits per heavy atom. The molecule has 0 radical (unpaired) electrons. The molecule has 2 aromatic carbocycles. The largest absolute Gasteiger partial charge is 0.497 e. The van der Waals surface area contributed by atoms with Gasteiger partial charge in [-0.05, 0) is 55.9 Å². The van der Waals surface area contributed by atoms with Crippen molar-refractivity contribution in [1.29, 1.82) is 0 Å². The van der Waals surface area contributed by atoms with E-state index in [2.05, 4.69) is 44.3 Å². The predicted molar refractivity (Wildman–Crippen MR) is 132 cm³/mol. The van der Waals surface area contributed by atoms with Gasteiger partial charge in [0.1, 0.15) is 17.1 Å². The Balaban J connectivity index is 1.54. The van der Waals surface area contributed by atoms with E-state index in [0.717, 1.165) is 49.7 Å². The number of hydrogen-bond acceptors (Lipinski definition) is 8. The highest BCUT2D eigenvalue weighted by atomic mass is 16.5. The summed E-state index contributed by atoms with van der Waals surface area (Å²) < 4.78 is 10.4. The number of benzene rings is 2. The Morgan fingerprint density at radius 1 is 1.03 bits per heavy atom. The van der Waals surface area contributed by atoms with Crippen molar-refractivity contribution in [1.82, 2.24) is 19.8 Å².